The smallest absolute Gasteiger partial charge is 0.270 e. The molecule has 0 saturated heterocycles. The number of hydrogen-bond donors (Lipinski definition) is 0. The summed E-state index contributed by atoms with van der Waals surface area (Å²) in [6.45, 7) is 0.536. The Hall–Kier alpha value is -2.05. The third-order valence-electron chi connectivity index (χ3n) is 3.12. The van der Waals surface area contributed by atoms with Crippen molar-refractivity contribution in [3.63, 3.8) is 0 Å². The first-order valence-electron chi connectivity index (χ1n) is 6.42. The van der Waals surface area contributed by atoms with Gasteiger partial charge in [0.05, 0.1) is 11.5 Å². The molecule has 0 aromatic heterocycles. The van der Waals surface area contributed by atoms with Gasteiger partial charge in [-0.25, -0.2) is 0 Å². The number of fused-ring (bicyclic) bond motifs is 1. The first-order valence-corrected chi connectivity index (χ1v) is 7.41. The summed E-state index contributed by atoms with van der Waals surface area (Å²) >= 11 is 1.62. The number of rotatable bonds is 4. The molecule has 0 spiro atoms. The maximum absolute atomic E-state index is 11.0. The molecule has 108 valence electrons. The summed E-state index contributed by atoms with van der Waals surface area (Å²) < 4.78 is 10.7. The van der Waals surface area contributed by atoms with Gasteiger partial charge >= 0.3 is 0 Å². The molecule has 0 radical (unpaired) electrons. The Morgan fingerprint density at radius 3 is 2.81 bits per heavy atom. The fraction of sp³-hybridized carbons (Fsp3) is 0.200. The third-order valence-corrected chi connectivity index (χ3v) is 4.18. The van der Waals surface area contributed by atoms with E-state index in [9.17, 15) is 10.1 Å². The topological polar surface area (TPSA) is 61.6 Å². The van der Waals surface area contributed by atoms with Gasteiger partial charge in [-0.05, 0) is 12.1 Å². The fourth-order valence-corrected chi connectivity index (χ4v) is 3.06. The fourth-order valence-electron chi connectivity index (χ4n) is 2.17. The highest BCUT2D eigenvalue weighted by Gasteiger charge is 2.20. The maximum atomic E-state index is 11.0. The van der Waals surface area contributed by atoms with Crippen LogP contribution >= 0.6 is 11.8 Å². The van der Waals surface area contributed by atoms with Gasteiger partial charge in [0.2, 0.25) is 0 Å². The van der Waals surface area contributed by atoms with Crippen molar-refractivity contribution in [3.05, 3.63) is 63.7 Å². The van der Waals surface area contributed by atoms with Crippen LogP contribution in [0, 0.1) is 10.1 Å². The summed E-state index contributed by atoms with van der Waals surface area (Å²) in [6, 6.07) is 13.0. The SMILES string of the molecule is O=[N+]([O-])c1cc2c(c(CSc3ccccc3)c1)OCOC2. The van der Waals surface area contributed by atoms with Crippen LogP contribution in [0.15, 0.2) is 47.4 Å². The number of hydrogen-bond acceptors (Lipinski definition) is 5. The van der Waals surface area contributed by atoms with Crippen LogP contribution in [0.1, 0.15) is 11.1 Å². The molecule has 0 N–H and O–H groups in total. The number of non-ortho nitro benzene ring substituents is 1. The highest BCUT2D eigenvalue weighted by atomic mass is 32.2. The Morgan fingerprint density at radius 1 is 1.24 bits per heavy atom. The van der Waals surface area contributed by atoms with E-state index in [1.807, 2.05) is 30.3 Å². The molecular weight excluding hydrogens is 290 g/mol. The highest BCUT2D eigenvalue weighted by Crippen LogP contribution is 2.36. The number of nitro groups is 1. The summed E-state index contributed by atoms with van der Waals surface area (Å²) in [5.41, 5.74) is 1.64. The van der Waals surface area contributed by atoms with Gasteiger partial charge in [0.15, 0.2) is 6.79 Å². The molecule has 2 aromatic rings. The first-order chi connectivity index (χ1) is 10.2. The summed E-state index contributed by atoms with van der Waals surface area (Å²) in [5, 5.41) is 11.0. The van der Waals surface area contributed by atoms with Gasteiger partial charge < -0.3 is 9.47 Å². The van der Waals surface area contributed by atoms with Gasteiger partial charge in [-0.2, -0.15) is 0 Å². The molecule has 2 aromatic carbocycles. The van der Waals surface area contributed by atoms with Crippen LogP contribution in [0.5, 0.6) is 5.75 Å². The van der Waals surface area contributed by atoms with Crippen molar-refractivity contribution >= 4 is 17.4 Å². The first kappa shape index (κ1) is 13.9. The molecule has 0 bridgehead atoms. The number of ether oxygens (including phenoxy) is 2. The summed E-state index contributed by atoms with van der Waals surface area (Å²) in [5.74, 6) is 1.34. The molecule has 1 aliphatic rings. The van der Waals surface area contributed by atoms with Gasteiger partial charge in [-0.15, -0.1) is 11.8 Å². The van der Waals surface area contributed by atoms with E-state index in [-0.39, 0.29) is 17.4 Å². The Kier molecular flexibility index (Phi) is 4.08. The Labute approximate surface area is 126 Å². The Balaban J connectivity index is 1.89. The Bertz CT molecular complexity index is 660. The van der Waals surface area contributed by atoms with E-state index in [2.05, 4.69) is 0 Å². The summed E-state index contributed by atoms with van der Waals surface area (Å²) in [4.78, 5) is 11.8. The second kappa shape index (κ2) is 6.15. The number of nitrogens with zero attached hydrogens (tertiary/aromatic N) is 1. The van der Waals surface area contributed by atoms with E-state index in [0.29, 0.717) is 12.4 Å². The van der Waals surface area contributed by atoms with Crippen LogP contribution in [0.25, 0.3) is 0 Å². The van der Waals surface area contributed by atoms with Crippen LogP contribution in [0.2, 0.25) is 0 Å². The van der Waals surface area contributed by atoms with Crippen LogP contribution in [0.4, 0.5) is 5.69 Å². The second-order valence-electron chi connectivity index (χ2n) is 4.56. The molecule has 5 nitrogen and oxygen atoms in total. The second-order valence-corrected chi connectivity index (χ2v) is 5.61. The molecule has 0 saturated carbocycles. The molecule has 0 aliphatic carbocycles. The zero-order valence-electron chi connectivity index (χ0n) is 11.2. The predicted octanol–water partition coefficient (Wildman–Crippen LogP) is 3.75. The van der Waals surface area contributed by atoms with Crippen molar-refractivity contribution in [2.24, 2.45) is 0 Å². The van der Waals surface area contributed by atoms with Gasteiger partial charge in [0, 0.05) is 33.9 Å². The van der Waals surface area contributed by atoms with E-state index in [1.54, 1.807) is 17.8 Å². The van der Waals surface area contributed by atoms with Crippen LogP contribution in [-0.4, -0.2) is 11.7 Å². The minimum absolute atomic E-state index is 0.0755. The normalized spacial score (nSPS) is 13.3. The van der Waals surface area contributed by atoms with Gasteiger partial charge in [-0.1, -0.05) is 18.2 Å². The largest absolute Gasteiger partial charge is 0.467 e. The molecule has 21 heavy (non-hydrogen) atoms. The molecule has 6 heteroatoms. The standard InChI is InChI=1S/C15H13NO4S/c17-16(18)13-6-11-8-19-10-20-15(11)12(7-13)9-21-14-4-2-1-3-5-14/h1-7H,8-10H2. The maximum Gasteiger partial charge on any atom is 0.270 e. The zero-order chi connectivity index (χ0) is 14.7. The molecule has 0 fully saturated rings. The van der Waals surface area contributed by atoms with E-state index in [4.69, 9.17) is 9.47 Å². The molecule has 0 atom stereocenters. The third kappa shape index (κ3) is 3.17. The average Bonchev–Trinajstić information content (AvgIpc) is 2.53. The summed E-state index contributed by atoms with van der Waals surface area (Å²) in [6.07, 6.45) is 0. The van der Waals surface area contributed by atoms with Crippen molar-refractivity contribution < 1.29 is 14.4 Å². The Morgan fingerprint density at radius 2 is 2.05 bits per heavy atom. The lowest BCUT2D eigenvalue weighted by Crippen LogP contribution is -2.13. The van der Waals surface area contributed by atoms with Crippen molar-refractivity contribution in [1.82, 2.24) is 0 Å². The molecule has 0 unspecified atom stereocenters. The van der Waals surface area contributed by atoms with Crippen molar-refractivity contribution in [2.75, 3.05) is 6.79 Å². The lowest BCUT2D eigenvalue weighted by Gasteiger charge is -2.20. The van der Waals surface area contributed by atoms with Crippen molar-refractivity contribution in [1.29, 1.82) is 0 Å². The van der Waals surface area contributed by atoms with E-state index in [1.165, 1.54) is 6.07 Å². The highest BCUT2D eigenvalue weighted by molar-refractivity contribution is 7.98. The van der Waals surface area contributed by atoms with Crippen LogP contribution in [-0.2, 0) is 17.1 Å². The predicted molar refractivity (Wildman–Crippen MR) is 79.4 cm³/mol. The zero-order valence-corrected chi connectivity index (χ0v) is 12.0. The lowest BCUT2D eigenvalue weighted by molar-refractivity contribution is -0.385. The molecule has 3 rings (SSSR count). The quantitative estimate of drug-likeness (QED) is 0.489. The minimum atomic E-state index is -0.383. The monoisotopic (exact) mass is 303 g/mol. The van der Waals surface area contributed by atoms with Crippen LogP contribution < -0.4 is 4.74 Å². The molecular formula is C15H13NO4S. The summed E-state index contributed by atoms with van der Waals surface area (Å²) in [7, 11) is 0. The number of nitro benzene ring substituents is 1. The van der Waals surface area contributed by atoms with Gasteiger partial charge in [-0.3, -0.25) is 10.1 Å². The number of benzene rings is 2. The molecule has 0 amide bonds. The van der Waals surface area contributed by atoms with Crippen molar-refractivity contribution in [2.45, 2.75) is 17.3 Å². The van der Waals surface area contributed by atoms with Crippen LogP contribution in [0.3, 0.4) is 0 Å². The van der Waals surface area contributed by atoms with Gasteiger partial charge in [0.1, 0.15) is 5.75 Å². The number of thioether (sulfide) groups is 1. The molecule has 1 heterocycles. The molecule has 1 aliphatic heterocycles. The minimum Gasteiger partial charge on any atom is -0.467 e. The van der Waals surface area contributed by atoms with E-state index in [0.717, 1.165) is 21.8 Å². The lowest BCUT2D eigenvalue weighted by atomic mass is 10.1. The van der Waals surface area contributed by atoms with Crippen molar-refractivity contribution in [3.8, 4) is 5.75 Å². The van der Waals surface area contributed by atoms with E-state index < -0.39 is 0 Å². The van der Waals surface area contributed by atoms with E-state index >= 15 is 0 Å². The van der Waals surface area contributed by atoms with Gasteiger partial charge in [0.25, 0.3) is 5.69 Å². The average molecular weight is 303 g/mol.